The highest BCUT2D eigenvalue weighted by molar-refractivity contribution is 9.10. The number of aryl methyl sites for hydroxylation is 1. The number of para-hydroxylation sites is 1. The third-order valence-electron chi connectivity index (χ3n) is 5.28. The Labute approximate surface area is 197 Å². The van der Waals surface area contributed by atoms with Crippen molar-refractivity contribution >= 4 is 27.7 Å². The number of hydrogen-bond donors (Lipinski definition) is 0. The van der Waals surface area contributed by atoms with Crippen molar-refractivity contribution in [2.24, 2.45) is 0 Å². The molecule has 5 heteroatoms. The van der Waals surface area contributed by atoms with E-state index >= 15 is 0 Å². The van der Waals surface area contributed by atoms with Gasteiger partial charge in [-0.3, -0.25) is 4.57 Å². The van der Waals surface area contributed by atoms with Gasteiger partial charge in [-0.15, -0.1) is 10.2 Å². The SMILES string of the molecule is Cc1ccccc1-n1c(SCc2ccc(Br)cc2)nnc1-c1ccc(C(C)(C)C)cc1. The first-order valence-electron chi connectivity index (χ1n) is 10.3. The van der Waals surface area contributed by atoms with Crippen LogP contribution in [0.2, 0.25) is 0 Å². The number of halogens is 1. The van der Waals surface area contributed by atoms with E-state index in [2.05, 4.69) is 131 Å². The molecule has 4 rings (SSSR count). The van der Waals surface area contributed by atoms with E-state index in [4.69, 9.17) is 0 Å². The van der Waals surface area contributed by atoms with Crippen LogP contribution in [0.5, 0.6) is 0 Å². The molecule has 0 spiro atoms. The molecule has 0 fully saturated rings. The fraction of sp³-hybridized carbons (Fsp3) is 0.231. The summed E-state index contributed by atoms with van der Waals surface area (Å²) in [6.45, 7) is 8.82. The first-order valence-corrected chi connectivity index (χ1v) is 12.1. The molecule has 4 aromatic rings. The molecule has 0 radical (unpaired) electrons. The largest absolute Gasteiger partial charge is 0.270 e. The van der Waals surface area contributed by atoms with E-state index < -0.39 is 0 Å². The van der Waals surface area contributed by atoms with Crippen molar-refractivity contribution < 1.29 is 0 Å². The molecule has 0 unspecified atom stereocenters. The highest BCUT2D eigenvalue weighted by Crippen LogP contribution is 2.32. The number of aromatic nitrogens is 3. The summed E-state index contributed by atoms with van der Waals surface area (Å²) in [5, 5.41) is 10.1. The Morgan fingerprint density at radius 2 is 1.55 bits per heavy atom. The lowest BCUT2D eigenvalue weighted by Gasteiger charge is -2.19. The maximum Gasteiger partial charge on any atom is 0.196 e. The van der Waals surface area contributed by atoms with Crippen LogP contribution in [-0.2, 0) is 11.2 Å². The minimum absolute atomic E-state index is 0.119. The third-order valence-corrected chi connectivity index (χ3v) is 6.81. The van der Waals surface area contributed by atoms with Crippen molar-refractivity contribution in [2.45, 2.75) is 44.0 Å². The summed E-state index contributed by atoms with van der Waals surface area (Å²) < 4.78 is 3.27. The zero-order chi connectivity index (χ0) is 22.0. The molecule has 0 saturated carbocycles. The Morgan fingerprint density at radius 1 is 0.871 bits per heavy atom. The maximum absolute atomic E-state index is 4.61. The fourth-order valence-electron chi connectivity index (χ4n) is 3.43. The van der Waals surface area contributed by atoms with Gasteiger partial charge < -0.3 is 0 Å². The molecule has 3 aromatic carbocycles. The van der Waals surface area contributed by atoms with E-state index in [-0.39, 0.29) is 5.41 Å². The highest BCUT2D eigenvalue weighted by atomic mass is 79.9. The summed E-state index contributed by atoms with van der Waals surface area (Å²) in [4.78, 5) is 0. The molecule has 0 aliphatic rings. The molecule has 0 amide bonds. The Morgan fingerprint density at radius 3 is 2.19 bits per heavy atom. The standard InChI is InChI=1S/C26H26BrN3S/c1-18-7-5-6-8-23(18)30-24(20-11-13-21(14-12-20)26(2,3)4)28-29-25(30)31-17-19-9-15-22(27)16-10-19/h5-16H,17H2,1-4H3. The minimum Gasteiger partial charge on any atom is -0.270 e. The Hall–Kier alpha value is -2.37. The molecule has 1 heterocycles. The Balaban J connectivity index is 1.74. The predicted octanol–water partition coefficient (Wildman–Crippen LogP) is 7.60. The van der Waals surface area contributed by atoms with Crippen LogP contribution in [0.3, 0.4) is 0 Å². The summed E-state index contributed by atoms with van der Waals surface area (Å²) in [6, 6.07) is 25.5. The van der Waals surface area contributed by atoms with Crippen molar-refractivity contribution in [3.63, 3.8) is 0 Å². The van der Waals surface area contributed by atoms with E-state index in [1.807, 2.05) is 0 Å². The van der Waals surface area contributed by atoms with Gasteiger partial charge in [0.15, 0.2) is 11.0 Å². The smallest absolute Gasteiger partial charge is 0.196 e. The van der Waals surface area contributed by atoms with Gasteiger partial charge in [0.25, 0.3) is 0 Å². The van der Waals surface area contributed by atoms with Crippen LogP contribution in [0.25, 0.3) is 17.1 Å². The highest BCUT2D eigenvalue weighted by Gasteiger charge is 2.19. The van der Waals surface area contributed by atoms with E-state index in [1.165, 1.54) is 16.7 Å². The van der Waals surface area contributed by atoms with Crippen LogP contribution in [0.1, 0.15) is 37.5 Å². The minimum atomic E-state index is 0.119. The van der Waals surface area contributed by atoms with Crippen molar-refractivity contribution in [1.82, 2.24) is 14.8 Å². The average Bonchev–Trinajstić information content (AvgIpc) is 3.17. The third kappa shape index (κ3) is 4.94. The van der Waals surface area contributed by atoms with Crippen LogP contribution in [0.15, 0.2) is 82.4 Å². The Bertz CT molecular complexity index is 1170. The van der Waals surface area contributed by atoms with Gasteiger partial charge in [-0.05, 0) is 47.2 Å². The van der Waals surface area contributed by atoms with Gasteiger partial charge in [0.1, 0.15) is 0 Å². The number of thioether (sulfide) groups is 1. The van der Waals surface area contributed by atoms with Crippen molar-refractivity contribution in [1.29, 1.82) is 0 Å². The zero-order valence-corrected chi connectivity index (χ0v) is 20.7. The van der Waals surface area contributed by atoms with Crippen molar-refractivity contribution in [2.75, 3.05) is 0 Å². The maximum atomic E-state index is 4.61. The van der Waals surface area contributed by atoms with Gasteiger partial charge in [-0.2, -0.15) is 0 Å². The van der Waals surface area contributed by atoms with Crippen LogP contribution < -0.4 is 0 Å². The van der Waals surface area contributed by atoms with E-state index in [0.29, 0.717) is 0 Å². The van der Waals surface area contributed by atoms with Gasteiger partial charge in [0, 0.05) is 15.8 Å². The molecule has 1 aromatic heterocycles. The monoisotopic (exact) mass is 491 g/mol. The van der Waals surface area contributed by atoms with E-state index in [1.54, 1.807) is 11.8 Å². The second-order valence-electron chi connectivity index (χ2n) is 8.67. The first kappa shape index (κ1) is 21.8. The topological polar surface area (TPSA) is 30.7 Å². The van der Waals surface area contributed by atoms with Crippen LogP contribution in [0, 0.1) is 6.92 Å². The number of hydrogen-bond acceptors (Lipinski definition) is 3. The predicted molar refractivity (Wildman–Crippen MR) is 134 cm³/mol. The quantitative estimate of drug-likeness (QED) is 0.269. The second kappa shape index (κ2) is 9.01. The summed E-state index contributed by atoms with van der Waals surface area (Å²) >= 11 is 5.21. The molecule has 3 nitrogen and oxygen atoms in total. The number of nitrogens with zero attached hydrogens (tertiary/aromatic N) is 3. The van der Waals surface area contributed by atoms with E-state index in [9.17, 15) is 0 Å². The van der Waals surface area contributed by atoms with Gasteiger partial charge in [-0.1, -0.05) is 103 Å². The lowest BCUT2D eigenvalue weighted by molar-refractivity contribution is 0.590. The summed E-state index contributed by atoms with van der Waals surface area (Å²) in [6.07, 6.45) is 0. The second-order valence-corrected chi connectivity index (χ2v) is 10.5. The van der Waals surface area contributed by atoms with Gasteiger partial charge >= 0.3 is 0 Å². The molecule has 0 atom stereocenters. The molecule has 0 aliphatic carbocycles. The Kier molecular flexibility index (Phi) is 6.35. The van der Waals surface area contributed by atoms with Gasteiger partial charge in [0.2, 0.25) is 0 Å². The molecule has 31 heavy (non-hydrogen) atoms. The molecular weight excluding hydrogens is 466 g/mol. The summed E-state index contributed by atoms with van der Waals surface area (Å²) in [5.41, 5.74) is 6.06. The van der Waals surface area contributed by atoms with Crippen molar-refractivity contribution in [3.05, 3.63) is 94.0 Å². The van der Waals surface area contributed by atoms with Gasteiger partial charge in [-0.25, -0.2) is 0 Å². The molecule has 0 N–H and O–H groups in total. The van der Waals surface area contributed by atoms with Crippen LogP contribution in [0.4, 0.5) is 0 Å². The lowest BCUT2D eigenvalue weighted by Crippen LogP contribution is -2.10. The van der Waals surface area contributed by atoms with Crippen LogP contribution in [-0.4, -0.2) is 14.8 Å². The normalized spacial score (nSPS) is 11.6. The summed E-state index contributed by atoms with van der Waals surface area (Å²) in [5.74, 6) is 1.70. The number of benzene rings is 3. The van der Waals surface area contributed by atoms with E-state index in [0.717, 1.165) is 32.5 Å². The summed E-state index contributed by atoms with van der Waals surface area (Å²) in [7, 11) is 0. The first-order chi connectivity index (χ1) is 14.8. The van der Waals surface area contributed by atoms with Crippen LogP contribution >= 0.6 is 27.7 Å². The fourth-order valence-corrected chi connectivity index (χ4v) is 4.59. The molecule has 0 saturated heterocycles. The number of rotatable bonds is 5. The van der Waals surface area contributed by atoms with Gasteiger partial charge in [0.05, 0.1) is 5.69 Å². The van der Waals surface area contributed by atoms with Crippen molar-refractivity contribution in [3.8, 4) is 17.1 Å². The molecular formula is C26H26BrN3S. The molecule has 0 aliphatic heterocycles. The lowest BCUT2D eigenvalue weighted by atomic mass is 9.87. The average molecular weight is 492 g/mol. The molecule has 158 valence electrons. The molecule has 0 bridgehead atoms. The zero-order valence-electron chi connectivity index (χ0n) is 18.3.